The highest BCUT2D eigenvalue weighted by Gasteiger charge is 2.50. The predicted octanol–water partition coefficient (Wildman–Crippen LogP) is 1.31. The van der Waals surface area contributed by atoms with Crippen LogP contribution < -0.4 is 9.73 Å². The Morgan fingerprint density at radius 1 is 1.10 bits per heavy atom. The van der Waals surface area contributed by atoms with E-state index in [2.05, 4.69) is 0 Å². The van der Waals surface area contributed by atoms with E-state index >= 15 is 0 Å². The smallest absolute Gasteiger partial charge is 0.363 e. The minimum atomic E-state index is -4.18. The third kappa shape index (κ3) is 3.31. The van der Waals surface area contributed by atoms with Crippen molar-refractivity contribution in [2.75, 3.05) is 18.2 Å². The first kappa shape index (κ1) is 19.7. The Kier molecular flexibility index (Phi) is 4.79. The number of nitrogens with one attached hydrogen (secondary N) is 1. The largest absolute Gasteiger partial charge is 0.479 e. The molecule has 0 radical (unpaired) electrons. The lowest BCUT2D eigenvalue weighted by Gasteiger charge is -2.34. The standard InChI is InChI=1S/C18H16N4O7S/c23-16(24)11-29-22-15-10-20(18(22)26)21(14-9-5-4-8-13(14)15)17(25)19-30(27,28)12-6-2-1-3-7-12/h1-9,15H,10-11H2,(H,19,25)(H,23,24). The number of hydrogen-bond donors (Lipinski definition) is 2. The number of aliphatic carboxylic acids is 1. The number of carbonyl (C=O) groups excluding carboxylic acids is 2. The average Bonchev–Trinajstić information content (AvgIpc) is 2.99. The van der Waals surface area contributed by atoms with Crippen molar-refractivity contribution in [2.45, 2.75) is 10.9 Å². The van der Waals surface area contributed by atoms with Crippen molar-refractivity contribution < 1.29 is 32.7 Å². The number of sulfonamides is 1. The summed E-state index contributed by atoms with van der Waals surface area (Å²) in [7, 11) is -4.18. The van der Waals surface area contributed by atoms with Gasteiger partial charge in [-0.05, 0) is 18.2 Å². The van der Waals surface area contributed by atoms with Gasteiger partial charge in [0.15, 0.2) is 6.61 Å². The Hall–Kier alpha value is -3.64. The first-order valence-corrected chi connectivity index (χ1v) is 10.2. The van der Waals surface area contributed by atoms with Crippen LogP contribution in [-0.2, 0) is 19.7 Å². The lowest BCUT2D eigenvalue weighted by molar-refractivity contribution is -0.167. The van der Waals surface area contributed by atoms with Gasteiger partial charge < -0.3 is 5.11 Å². The van der Waals surface area contributed by atoms with E-state index in [1.807, 2.05) is 4.72 Å². The number of rotatable bonds is 5. The molecular weight excluding hydrogens is 416 g/mol. The number of hydrazine groups is 1. The molecular formula is C18H16N4O7S. The number of nitrogens with zero attached hydrogens (tertiary/aromatic N) is 3. The van der Waals surface area contributed by atoms with Crippen molar-refractivity contribution >= 4 is 33.7 Å². The number of carboxylic acid groups (broad SMARTS) is 1. The van der Waals surface area contributed by atoms with Gasteiger partial charge in [-0.3, -0.25) is 4.84 Å². The third-order valence-corrected chi connectivity index (χ3v) is 5.93. The number of amides is 4. The second kappa shape index (κ2) is 7.31. The molecule has 2 N–H and O–H groups in total. The maximum absolute atomic E-state index is 12.9. The molecule has 2 aromatic carbocycles. The second-order valence-electron chi connectivity index (χ2n) is 6.47. The summed E-state index contributed by atoms with van der Waals surface area (Å²) in [5, 5.41) is 11.7. The first-order valence-electron chi connectivity index (χ1n) is 8.76. The van der Waals surface area contributed by atoms with Gasteiger partial charge in [-0.25, -0.2) is 32.5 Å². The second-order valence-corrected chi connectivity index (χ2v) is 8.15. The van der Waals surface area contributed by atoms with E-state index in [4.69, 9.17) is 9.94 Å². The van der Waals surface area contributed by atoms with Gasteiger partial charge in [0, 0.05) is 5.56 Å². The van der Waals surface area contributed by atoms with Gasteiger partial charge in [-0.1, -0.05) is 36.4 Å². The summed E-state index contributed by atoms with van der Waals surface area (Å²) in [5.74, 6) is -1.27. The van der Waals surface area contributed by atoms with Crippen molar-refractivity contribution in [1.29, 1.82) is 0 Å². The fourth-order valence-electron chi connectivity index (χ4n) is 3.35. The van der Waals surface area contributed by atoms with Gasteiger partial charge >= 0.3 is 18.0 Å². The molecule has 2 aliphatic rings. The zero-order valence-electron chi connectivity index (χ0n) is 15.3. The summed E-state index contributed by atoms with van der Waals surface area (Å²) < 4.78 is 27.1. The van der Waals surface area contributed by atoms with Gasteiger partial charge in [0.25, 0.3) is 10.0 Å². The molecule has 2 aromatic rings. The molecule has 1 saturated heterocycles. The fourth-order valence-corrected chi connectivity index (χ4v) is 4.30. The summed E-state index contributed by atoms with van der Waals surface area (Å²) in [4.78, 5) is 41.6. The van der Waals surface area contributed by atoms with Crippen LogP contribution in [0.5, 0.6) is 0 Å². The molecule has 1 atom stereocenters. The number of urea groups is 2. The van der Waals surface area contributed by atoms with Crippen LogP contribution >= 0.6 is 0 Å². The summed E-state index contributed by atoms with van der Waals surface area (Å²) in [6.45, 7) is -0.763. The number of para-hydroxylation sites is 1. The van der Waals surface area contributed by atoms with Crippen LogP contribution in [0.1, 0.15) is 11.6 Å². The Balaban J connectivity index is 1.67. The van der Waals surface area contributed by atoms with Crippen LogP contribution in [0.2, 0.25) is 0 Å². The van der Waals surface area contributed by atoms with Crippen molar-refractivity contribution in [1.82, 2.24) is 14.8 Å². The minimum absolute atomic E-state index is 0.0196. The number of hydrogen-bond acceptors (Lipinski definition) is 6. The molecule has 2 heterocycles. The van der Waals surface area contributed by atoms with Gasteiger partial charge in [-0.2, -0.15) is 10.1 Å². The highest BCUT2D eigenvalue weighted by molar-refractivity contribution is 7.90. The van der Waals surface area contributed by atoms with E-state index in [1.54, 1.807) is 30.3 Å². The van der Waals surface area contributed by atoms with Crippen LogP contribution in [-0.4, -0.2) is 54.8 Å². The van der Waals surface area contributed by atoms with E-state index in [-0.39, 0.29) is 17.1 Å². The van der Waals surface area contributed by atoms with Gasteiger partial charge in [-0.15, -0.1) is 0 Å². The van der Waals surface area contributed by atoms with Crippen LogP contribution in [0.4, 0.5) is 15.3 Å². The lowest BCUT2D eigenvalue weighted by Crippen LogP contribution is -2.54. The summed E-state index contributed by atoms with van der Waals surface area (Å²) in [6.07, 6.45) is 0. The topological polar surface area (TPSA) is 137 Å². The van der Waals surface area contributed by atoms with Crippen LogP contribution in [0.15, 0.2) is 59.5 Å². The highest BCUT2D eigenvalue weighted by Crippen LogP contribution is 2.42. The number of fused-ring (bicyclic) bond motifs is 4. The van der Waals surface area contributed by atoms with E-state index in [0.717, 1.165) is 15.1 Å². The fraction of sp³-hybridized carbons (Fsp3) is 0.167. The molecule has 0 saturated carbocycles. The zero-order chi connectivity index (χ0) is 21.5. The number of carbonyl (C=O) groups is 3. The minimum Gasteiger partial charge on any atom is -0.479 e. The normalized spacial score (nSPS) is 17.7. The molecule has 12 heteroatoms. The van der Waals surface area contributed by atoms with Crippen molar-refractivity contribution in [2.24, 2.45) is 0 Å². The summed E-state index contributed by atoms with van der Waals surface area (Å²) in [5.41, 5.74) is 0.793. The highest BCUT2D eigenvalue weighted by atomic mass is 32.2. The third-order valence-electron chi connectivity index (χ3n) is 4.60. The molecule has 1 fully saturated rings. The Labute approximate surface area is 171 Å². The molecule has 0 aromatic heterocycles. The first-order chi connectivity index (χ1) is 14.3. The molecule has 156 valence electrons. The molecule has 1 unspecified atom stereocenters. The lowest BCUT2D eigenvalue weighted by atomic mass is 10.0. The van der Waals surface area contributed by atoms with Gasteiger partial charge in [0.1, 0.15) is 6.04 Å². The van der Waals surface area contributed by atoms with Gasteiger partial charge in [0.2, 0.25) is 0 Å². The average molecular weight is 432 g/mol. The summed E-state index contributed by atoms with van der Waals surface area (Å²) >= 11 is 0. The Bertz CT molecular complexity index is 1120. The molecule has 11 nitrogen and oxygen atoms in total. The molecule has 0 spiro atoms. The molecule has 2 bridgehead atoms. The van der Waals surface area contributed by atoms with Crippen LogP contribution in [0.3, 0.4) is 0 Å². The number of hydroxylamine groups is 2. The number of benzene rings is 2. The Morgan fingerprint density at radius 3 is 2.47 bits per heavy atom. The predicted molar refractivity (Wildman–Crippen MR) is 101 cm³/mol. The molecule has 4 amide bonds. The van der Waals surface area contributed by atoms with Gasteiger partial charge in [0.05, 0.1) is 17.1 Å². The van der Waals surface area contributed by atoms with Crippen LogP contribution in [0, 0.1) is 0 Å². The number of carboxylic acids is 1. The van der Waals surface area contributed by atoms with E-state index in [0.29, 0.717) is 5.56 Å². The molecule has 0 aliphatic carbocycles. The van der Waals surface area contributed by atoms with Crippen molar-refractivity contribution in [3.8, 4) is 0 Å². The zero-order valence-corrected chi connectivity index (χ0v) is 16.2. The monoisotopic (exact) mass is 432 g/mol. The molecule has 4 rings (SSSR count). The maximum Gasteiger partial charge on any atom is 0.363 e. The van der Waals surface area contributed by atoms with Crippen molar-refractivity contribution in [3.63, 3.8) is 0 Å². The van der Waals surface area contributed by atoms with Crippen molar-refractivity contribution in [3.05, 3.63) is 60.2 Å². The Morgan fingerprint density at radius 2 is 1.77 bits per heavy atom. The molecule has 30 heavy (non-hydrogen) atoms. The SMILES string of the molecule is O=C(O)CON1C(=O)N2CC1c1ccccc1N2C(=O)NS(=O)(=O)c1ccccc1. The van der Waals surface area contributed by atoms with E-state index < -0.39 is 40.7 Å². The molecule has 2 aliphatic heterocycles. The van der Waals surface area contributed by atoms with E-state index in [1.165, 1.54) is 24.3 Å². The van der Waals surface area contributed by atoms with E-state index in [9.17, 15) is 22.8 Å². The maximum atomic E-state index is 12.9. The number of anilines is 1. The quantitative estimate of drug-likeness (QED) is 0.727. The summed E-state index contributed by atoms with van der Waals surface area (Å²) in [6, 6.07) is 11.4. The van der Waals surface area contributed by atoms with Crippen LogP contribution in [0.25, 0.3) is 0 Å².